The molecule has 9 heteroatoms. The van der Waals surface area contributed by atoms with Crippen LogP contribution >= 0.6 is 11.3 Å². The van der Waals surface area contributed by atoms with E-state index in [-0.39, 0.29) is 0 Å². The van der Waals surface area contributed by atoms with Gasteiger partial charge in [-0.2, -0.15) is 0 Å². The Kier molecular flexibility index (Phi) is 20.0. The number of thiophene rings is 1. The van der Waals surface area contributed by atoms with E-state index in [4.69, 9.17) is 13.3 Å². The molecule has 21 aromatic carbocycles. The van der Waals surface area contributed by atoms with Gasteiger partial charge in [0.05, 0.1) is 22.1 Å². The van der Waals surface area contributed by atoms with E-state index in [0.29, 0.717) is 0 Å². The summed E-state index contributed by atoms with van der Waals surface area (Å²) in [5, 5.41) is 14.2. The van der Waals surface area contributed by atoms with Gasteiger partial charge in [0, 0.05) is 153 Å². The first-order chi connectivity index (χ1) is 67.0. The van der Waals surface area contributed by atoms with Crippen LogP contribution in [0.2, 0.25) is 0 Å². The Balaban J connectivity index is 0.000000109. The summed E-state index contributed by atoms with van der Waals surface area (Å²) in [5.74, 6) is 0. The standard InChI is InChI=1S/C48H32N2O.C42H28N2O.C36H23NOS/c1-4-14-36(15-5-1)49(37-16-6-2-7-17-37)39-27-24-33(25-28-39)35-30-43(48-44(31-35)42-21-11-13-23-47(42)51-48)34-26-29-41-40-20-10-12-22-45(40)50(46(41)32-34)38-18-8-3-9-19-38;1-3-13-30(14-4-1)43(31-15-5-2-6-16-31)33-27-37(42-38(28-33)36-19-9-12-22-41(36)45-42)29-23-25-32(26-24-29)44-39-20-10-7-17-34(39)35-18-8-11-21-40(35)44;1-3-11-25(12-4-1)37(26-13-5-2-6-14-26)27-22-30(36-32(23-27)28-15-7-9-17-33(28)38-36)24-19-20-35-31(21-24)29-16-8-10-18-34(29)39-35/h1-32H;1-28H;1-23H. The van der Waals surface area contributed by atoms with E-state index in [1.54, 1.807) is 0 Å². The highest BCUT2D eigenvalue weighted by Gasteiger charge is 2.26. The summed E-state index contributed by atoms with van der Waals surface area (Å²) in [5.41, 5.74) is 31.2. The Morgan fingerprint density at radius 1 is 0.163 bits per heavy atom. The smallest absolute Gasteiger partial charge is 0.143 e. The van der Waals surface area contributed by atoms with Gasteiger partial charge in [0.1, 0.15) is 33.5 Å². The number of anilines is 9. The second-order valence-corrected chi connectivity index (χ2v) is 35.2. The number of fused-ring (bicyclic) bond motifs is 18. The highest BCUT2D eigenvalue weighted by Crippen LogP contribution is 2.50. The molecule has 0 saturated heterocycles. The van der Waals surface area contributed by atoms with Gasteiger partial charge < -0.3 is 37.1 Å². The minimum absolute atomic E-state index is 0.888. The van der Waals surface area contributed by atoms with Crippen LogP contribution in [0.5, 0.6) is 0 Å². The number of rotatable bonds is 15. The van der Waals surface area contributed by atoms with Crippen LogP contribution in [-0.4, -0.2) is 9.13 Å². The molecule has 0 atom stereocenters. The number of benzene rings is 21. The Morgan fingerprint density at radius 3 is 0.911 bits per heavy atom. The monoisotopic (exact) mass is 1750 g/mol. The Bertz CT molecular complexity index is 8930. The number of para-hydroxylation sites is 13. The molecule has 636 valence electrons. The zero-order valence-electron chi connectivity index (χ0n) is 73.3. The van der Waals surface area contributed by atoms with Gasteiger partial charge >= 0.3 is 0 Å². The Morgan fingerprint density at radius 2 is 0.459 bits per heavy atom. The van der Waals surface area contributed by atoms with Crippen LogP contribution in [0.4, 0.5) is 51.2 Å². The molecule has 0 aliphatic heterocycles. The number of aromatic nitrogens is 2. The van der Waals surface area contributed by atoms with Crippen LogP contribution in [0.1, 0.15) is 0 Å². The highest BCUT2D eigenvalue weighted by atomic mass is 32.1. The van der Waals surface area contributed by atoms with Crippen LogP contribution in [0, 0.1) is 0 Å². The normalized spacial score (nSPS) is 11.6. The minimum atomic E-state index is 0.888. The van der Waals surface area contributed by atoms with Crippen LogP contribution in [-0.2, 0) is 0 Å². The van der Waals surface area contributed by atoms with E-state index in [2.05, 4.69) is 509 Å². The molecule has 0 unspecified atom stereocenters. The molecular formula is C126H83N5O3S. The maximum Gasteiger partial charge on any atom is 0.143 e. The Hall–Kier alpha value is -17.8. The van der Waals surface area contributed by atoms with Crippen molar-refractivity contribution in [3.05, 3.63) is 504 Å². The van der Waals surface area contributed by atoms with Crippen LogP contribution in [0.15, 0.2) is 517 Å². The zero-order chi connectivity index (χ0) is 89.2. The molecule has 0 saturated carbocycles. The highest BCUT2D eigenvalue weighted by molar-refractivity contribution is 7.25. The van der Waals surface area contributed by atoms with Crippen molar-refractivity contribution in [1.29, 1.82) is 0 Å². The second-order valence-electron chi connectivity index (χ2n) is 34.1. The maximum atomic E-state index is 6.65. The number of furan rings is 3. The fourth-order valence-corrected chi connectivity index (χ4v) is 21.1. The van der Waals surface area contributed by atoms with Crippen LogP contribution < -0.4 is 14.7 Å². The average molecular weight is 1750 g/mol. The molecule has 0 aliphatic carbocycles. The fourth-order valence-electron chi connectivity index (χ4n) is 20.0. The average Bonchev–Trinajstić information content (AvgIpc) is 1.60. The van der Waals surface area contributed by atoms with Crippen molar-refractivity contribution in [2.24, 2.45) is 0 Å². The van der Waals surface area contributed by atoms with Gasteiger partial charge in [-0.3, -0.25) is 0 Å². The number of hydrogen-bond donors (Lipinski definition) is 0. The molecule has 27 rings (SSSR count). The summed E-state index contributed by atoms with van der Waals surface area (Å²) < 4.78 is 27.1. The molecule has 0 N–H and O–H groups in total. The summed E-state index contributed by atoms with van der Waals surface area (Å²) in [6.45, 7) is 0. The van der Waals surface area contributed by atoms with Gasteiger partial charge in [0.15, 0.2) is 0 Å². The topological polar surface area (TPSA) is 59.0 Å². The molecular weight excluding hydrogens is 1660 g/mol. The van der Waals surface area contributed by atoms with Gasteiger partial charge in [-0.25, -0.2) is 0 Å². The lowest BCUT2D eigenvalue weighted by Gasteiger charge is -2.26. The molecule has 0 aliphatic rings. The van der Waals surface area contributed by atoms with Crippen molar-refractivity contribution in [2.45, 2.75) is 0 Å². The minimum Gasteiger partial charge on any atom is -0.455 e. The quantitative estimate of drug-likeness (QED) is 0.102. The molecule has 0 spiro atoms. The summed E-state index contributed by atoms with van der Waals surface area (Å²) in [7, 11) is 0. The lowest BCUT2D eigenvalue weighted by molar-refractivity contribution is 0.669. The first kappa shape index (κ1) is 79.4. The van der Waals surface area contributed by atoms with Gasteiger partial charge in [0.25, 0.3) is 0 Å². The number of nitrogens with zero attached hydrogens (tertiary/aromatic N) is 5. The molecule has 0 radical (unpaired) electrons. The number of hydrogen-bond acceptors (Lipinski definition) is 7. The first-order valence-electron chi connectivity index (χ1n) is 45.7. The fraction of sp³-hybridized carbons (Fsp3) is 0. The summed E-state index contributed by atoms with van der Waals surface area (Å²) >= 11 is 1.84. The van der Waals surface area contributed by atoms with Gasteiger partial charge in [-0.05, 0) is 234 Å². The first-order valence-corrected chi connectivity index (χ1v) is 46.6. The molecule has 0 fully saturated rings. The summed E-state index contributed by atoms with van der Waals surface area (Å²) in [6.07, 6.45) is 0. The van der Waals surface area contributed by atoms with Crippen molar-refractivity contribution in [3.63, 3.8) is 0 Å². The van der Waals surface area contributed by atoms with Gasteiger partial charge in [-0.15, -0.1) is 11.3 Å². The third-order valence-electron chi connectivity index (χ3n) is 26.2. The van der Waals surface area contributed by atoms with E-state index in [0.717, 1.165) is 173 Å². The lowest BCUT2D eigenvalue weighted by atomic mass is 9.95. The van der Waals surface area contributed by atoms with E-state index in [1.807, 2.05) is 29.5 Å². The van der Waals surface area contributed by atoms with E-state index >= 15 is 0 Å². The predicted molar refractivity (Wildman–Crippen MR) is 569 cm³/mol. The molecule has 0 amide bonds. The largest absolute Gasteiger partial charge is 0.455 e. The molecule has 6 aromatic heterocycles. The molecule has 6 heterocycles. The zero-order valence-corrected chi connectivity index (χ0v) is 74.1. The van der Waals surface area contributed by atoms with Gasteiger partial charge in [-0.1, -0.05) is 297 Å². The molecule has 8 nitrogen and oxygen atoms in total. The third-order valence-corrected chi connectivity index (χ3v) is 27.3. The predicted octanol–water partition coefficient (Wildman–Crippen LogP) is 36.4. The van der Waals surface area contributed by atoms with Crippen molar-refractivity contribution >= 4 is 192 Å². The van der Waals surface area contributed by atoms with Crippen molar-refractivity contribution < 1.29 is 13.3 Å². The van der Waals surface area contributed by atoms with E-state index in [9.17, 15) is 0 Å². The SMILES string of the molecule is c1ccc(N(c2ccccc2)c2cc(-c3ccc(-n4c5ccccc5c5ccccc54)cc3)c3oc4ccccc4c3c2)cc1.c1ccc(N(c2ccccc2)c2cc(-c3ccc4sc5ccccc5c4c3)c3oc4ccccc4c3c2)cc1.c1ccc(N(c2ccccc2)c2ccc(-c3cc(-c4ccc5c6ccccc6n(-c6ccccc6)c5c4)c4oc5ccccc5c4c3)cc2)cc1. The van der Waals surface area contributed by atoms with Crippen molar-refractivity contribution in [2.75, 3.05) is 14.7 Å². The maximum absolute atomic E-state index is 6.65. The van der Waals surface area contributed by atoms with Crippen molar-refractivity contribution in [1.82, 2.24) is 9.13 Å². The van der Waals surface area contributed by atoms with Crippen LogP contribution in [0.25, 0.3) is 185 Å². The van der Waals surface area contributed by atoms with E-state index in [1.165, 1.54) is 63.8 Å². The molecule has 0 bridgehead atoms. The van der Waals surface area contributed by atoms with Crippen LogP contribution in [0.3, 0.4) is 0 Å². The second kappa shape index (κ2) is 33.9. The molecule has 135 heavy (non-hydrogen) atoms. The van der Waals surface area contributed by atoms with Gasteiger partial charge in [0.2, 0.25) is 0 Å². The van der Waals surface area contributed by atoms with Crippen molar-refractivity contribution in [3.8, 4) is 55.9 Å². The summed E-state index contributed by atoms with van der Waals surface area (Å²) in [4.78, 5) is 6.93. The lowest BCUT2D eigenvalue weighted by Crippen LogP contribution is -2.09. The van der Waals surface area contributed by atoms with E-state index < -0.39 is 0 Å². The molecule has 27 aromatic rings. The Labute approximate surface area is 783 Å². The summed E-state index contributed by atoms with van der Waals surface area (Å²) in [6, 6.07) is 179. The third kappa shape index (κ3) is 14.3.